The van der Waals surface area contributed by atoms with E-state index in [-0.39, 0.29) is 5.69 Å². The molecule has 1 atom stereocenters. The molecule has 0 saturated carbocycles. The van der Waals surface area contributed by atoms with Crippen molar-refractivity contribution in [3.8, 4) is 0 Å². The SMILES string of the molecule is C[C@@H](O)CN1CCN(c2ccc(S(=O)(=O)C(F)(F)F)cc2[N+](=O)[O-])CC1. The van der Waals surface area contributed by atoms with Gasteiger partial charge >= 0.3 is 5.51 Å². The molecule has 0 aliphatic carbocycles. The summed E-state index contributed by atoms with van der Waals surface area (Å²) in [7, 11) is -5.66. The van der Waals surface area contributed by atoms with Crippen LogP contribution in [-0.2, 0) is 9.84 Å². The monoisotopic (exact) mass is 397 g/mol. The van der Waals surface area contributed by atoms with Gasteiger partial charge in [-0.1, -0.05) is 0 Å². The fourth-order valence-electron chi connectivity index (χ4n) is 2.76. The molecule has 1 aliphatic rings. The number of halogens is 3. The topological polar surface area (TPSA) is 104 Å². The molecular formula is C14H18F3N3O5S. The number of benzene rings is 1. The van der Waals surface area contributed by atoms with E-state index in [1.54, 1.807) is 11.8 Å². The molecule has 12 heteroatoms. The van der Waals surface area contributed by atoms with Gasteiger partial charge in [0.2, 0.25) is 0 Å². The number of β-amino-alcohol motifs (C(OH)–C–C–N with tert-alkyl or cyclic N) is 1. The van der Waals surface area contributed by atoms with Crippen molar-refractivity contribution >= 4 is 21.2 Å². The Labute approximate surface area is 147 Å². The predicted octanol–water partition coefficient (Wildman–Crippen LogP) is 1.39. The normalized spacial score (nSPS) is 18.0. The summed E-state index contributed by atoms with van der Waals surface area (Å²) in [4.78, 5) is 12.8. The van der Waals surface area contributed by atoms with Crippen LogP contribution in [0.15, 0.2) is 23.1 Å². The maximum absolute atomic E-state index is 12.7. The summed E-state index contributed by atoms with van der Waals surface area (Å²) in [5.74, 6) is 0. The number of piperazine rings is 1. The first kappa shape index (κ1) is 20.4. The number of anilines is 1. The summed E-state index contributed by atoms with van der Waals surface area (Å²) in [5.41, 5.74) is -6.17. The van der Waals surface area contributed by atoms with Crippen molar-refractivity contribution in [1.82, 2.24) is 4.90 Å². The first-order valence-corrected chi connectivity index (χ1v) is 9.17. The van der Waals surface area contributed by atoms with Gasteiger partial charge in [-0.15, -0.1) is 0 Å². The number of sulfone groups is 1. The van der Waals surface area contributed by atoms with Crippen LogP contribution >= 0.6 is 0 Å². The molecule has 1 aromatic rings. The second kappa shape index (κ2) is 7.37. The highest BCUT2D eigenvalue weighted by Gasteiger charge is 2.47. The Kier molecular flexibility index (Phi) is 5.78. The van der Waals surface area contributed by atoms with Crippen LogP contribution in [0.3, 0.4) is 0 Å². The molecule has 0 unspecified atom stereocenters. The van der Waals surface area contributed by atoms with Gasteiger partial charge in [-0.3, -0.25) is 15.0 Å². The van der Waals surface area contributed by atoms with E-state index in [2.05, 4.69) is 0 Å². The maximum Gasteiger partial charge on any atom is 0.501 e. The number of aliphatic hydroxyl groups excluding tert-OH is 1. The summed E-state index contributed by atoms with van der Waals surface area (Å²) in [6, 6.07) is 2.20. The maximum atomic E-state index is 12.7. The molecule has 8 nitrogen and oxygen atoms in total. The molecule has 1 saturated heterocycles. The van der Waals surface area contributed by atoms with Gasteiger partial charge in [0.15, 0.2) is 0 Å². The number of nitro groups is 1. The standard InChI is InChI=1S/C14H18F3N3O5S/c1-10(21)9-18-4-6-19(7-5-18)12-3-2-11(8-13(12)20(22)23)26(24,25)14(15,16)17/h2-3,8,10,21H,4-7,9H2,1H3/t10-/m1/s1. The molecule has 0 aromatic heterocycles. The predicted molar refractivity (Wildman–Crippen MR) is 86.7 cm³/mol. The van der Waals surface area contributed by atoms with Gasteiger partial charge in [0.25, 0.3) is 15.5 Å². The average Bonchev–Trinajstić information content (AvgIpc) is 2.53. The van der Waals surface area contributed by atoms with Crippen molar-refractivity contribution in [2.24, 2.45) is 0 Å². The van der Waals surface area contributed by atoms with Crippen LogP contribution in [0.1, 0.15) is 6.92 Å². The third kappa shape index (κ3) is 4.24. The van der Waals surface area contributed by atoms with E-state index in [0.29, 0.717) is 38.8 Å². The Morgan fingerprint density at radius 3 is 2.31 bits per heavy atom. The van der Waals surface area contributed by atoms with Gasteiger partial charge in [0.1, 0.15) is 5.69 Å². The molecule has 1 heterocycles. The second-order valence-corrected chi connectivity index (χ2v) is 7.93. The smallest absolute Gasteiger partial charge is 0.392 e. The minimum absolute atomic E-state index is 0.0628. The van der Waals surface area contributed by atoms with Gasteiger partial charge in [-0.2, -0.15) is 13.2 Å². The Bertz CT molecular complexity index is 775. The number of aliphatic hydroxyl groups is 1. The Morgan fingerprint density at radius 1 is 1.27 bits per heavy atom. The summed E-state index contributed by atoms with van der Waals surface area (Å²) in [6.07, 6.45) is -0.525. The first-order chi connectivity index (χ1) is 11.9. The van der Waals surface area contributed by atoms with E-state index in [1.807, 2.05) is 4.90 Å². The molecule has 0 bridgehead atoms. The molecule has 146 valence electrons. The van der Waals surface area contributed by atoms with Crippen molar-refractivity contribution in [3.05, 3.63) is 28.3 Å². The molecule has 0 spiro atoms. The third-order valence-electron chi connectivity index (χ3n) is 3.99. The van der Waals surface area contributed by atoms with E-state index in [1.165, 1.54) is 0 Å². The van der Waals surface area contributed by atoms with E-state index in [9.17, 15) is 36.8 Å². The summed E-state index contributed by atoms with van der Waals surface area (Å²) >= 11 is 0. The highest BCUT2D eigenvalue weighted by molar-refractivity contribution is 7.92. The number of hydrogen-bond acceptors (Lipinski definition) is 7. The van der Waals surface area contributed by atoms with Crippen LogP contribution in [-0.4, -0.2) is 67.7 Å². The van der Waals surface area contributed by atoms with Crippen LogP contribution in [0.25, 0.3) is 0 Å². The largest absolute Gasteiger partial charge is 0.501 e. The van der Waals surface area contributed by atoms with Gasteiger partial charge in [0.05, 0.1) is 15.9 Å². The lowest BCUT2D eigenvalue weighted by atomic mass is 10.2. The van der Waals surface area contributed by atoms with E-state index < -0.39 is 37.0 Å². The van der Waals surface area contributed by atoms with Gasteiger partial charge in [-0.25, -0.2) is 8.42 Å². The Morgan fingerprint density at radius 2 is 1.85 bits per heavy atom. The summed E-state index contributed by atoms with van der Waals surface area (Å²) < 4.78 is 60.9. The van der Waals surface area contributed by atoms with Gasteiger partial charge in [0, 0.05) is 38.8 Å². The molecule has 2 rings (SSSR count). The lowest BCUT2D eigenvalue weighted by Gasteiger charge is -2.36. The fourth-order valence-corrected chi connectivity index (χ4v) is 3.54. The lowest BCUT2D eigenvalue weighted by Crippen LogP contribution is -2.48. The van der Waals surface area contributed by atoms with Crippen molar-refractivity contribution < 1.29 is 31.6 Å². The Hall–Kier alpha value is -1.92. The molecule has 1 fully saturated rings. The van der Waals surface area contributed by atoms with Crippen molar-refractivity contribution in [3.63, 3.8) is 0 Å². The summed E-state index contributed by atoms with van der Waals surface area (Å²) in [6.45, 7) is 3.81. The van der Waals surface area contributed by atoms with Crippen molar-refractivity contribution in [1.29, 1.82) is 0 Å². The van der Waals surface area contributed by atoms with Crippen LogP contribution in [0.2, 0.25) is 0 Å². The molecule has 0 radical (unpaired) electrons. The lowest BCUT2D eigenvalue weighted by molar-refractivity contribution is -0.384. The zero-order valence-electron chi connectivity index (χ0n) is 13.8. The highest BCUT2D eigenvalue weighted by atomic mass is 32.2. The zero-order chi connectivity index (χ0) is 19.7. The second-order valence-electron chi connectivity index (χ2n) is 5.99. The van der Waals surface area contributed by atoms with E-state index in [4.69, 9.17) is 0 Å². The highest BCUT2D eigenvalue weighted by Crippen LogP contribution is 2.36. The van der Waals surface area contributed by atoms with Crippen molar-refractivity contribution in [2.45, 2.75) is 23.4 Å². The number of nitro benzene ring substituents is 1. The number of nitrogens with zero attached hydrogens (tertiary/aromatic N) is 3. The van der Waals surface area contributed by atoms with Crippen LogP contribution in [0, 0.1) is 10.1 Å². The van der Waals surface area contributed by atoms with Crippen LogP contribution in [0.5, 0.6) is 0 Å². The third-order valence-corrected chi connectivity index (χ3v) is 5.48. The van der Waals surface area contributed by atoms with Crippen LogP contribution < -0.4 is 4.90 Å². The Balaban J connectivity index is 2.30. The van der Waals surface area contributed by atoms with E-state index in [0.717, 1.165) is 12.1 Å². The average molecular weight is 397 g/mol. The molecule has 1 aliphatic heterocycles. The minimum Gasteiger partial charge on any atom is -0.392 e. The molecule has 1 aromatic carbocycles. The van der Waals surface area contributed by atoms with Gasteiger partial charge in [-0.05, 0) is 19.1 Å². The zero-order valence-corrected chi connectivity index (χ0v) is 14.6. The number of rotatable bonds is 5. The fraction of sp³-hybridized carbons (Fsp3) is 0.571. The quantitative estimate of drug-likeness (QED) is 0.591. The van der Waals surface area contributed by atoms with E-state index >= 15 is 0 Å². The number of hydrogen-bond donors (Lipinski definition) is 1. The number of alkyl halides is 3. The van der Waals surface area contributed by atoms with Gasteiger partial charge < -0.3 is 10.0 Å². The summed E-state index contributed by atoms with van der Waals surface area (Å²) in [5, 5.41) is 20.6. The van der Waals surface area contributed by atoms with Crippen LogP contribution in [0.4, 0.5) is 24.5 Å². The minimum atomic E-state index is -5.66. The molecular weight excluding hydrogens is 379 g/mol. The first-order valence-electron chi connectivity index (χ1n) is 7.68. The molecule has 26 heavy (non-hydrogen) atoms. The van der Waals surface area contributed by atoms with Crippen molar-refractivity contribution in [2.75, 3.05) is 37.6 Å². The molecule has 1 N–H and O–H groups in total. The molecule has 0 amide bonds.